The molecule has 21 heavy (non-hydrogen) atoms. The molecule has 7 heteroatoms. The van der Waals surface area contributed by atoms with E-state index in [1.54, 1.807) is 11.8 Å². The smallest absolute Gasteiger partial charge is 0.164 e. The van der Waals surface area contributed by atoms with Crippen molar-refractivity contribution < 1.29 is 13.2 Å². The highest BCUT2D eigenvalue weighted by atomic mass is 32.2. The Balaban J connectivity index is 2.29. The molecule has 2 aliphatic rings. The predicted octanol–water partition coefficient (Wildman–Crippen LogP) is 0.938. The van der Waals surface area contributed by atoms with Crippen LogP contribution in [0.4, 0.5) is 0 Å². The molecule has 2 rings (SSSR count). The third kappa shape index (κ3) is 3.75. The van der Waals surface area contributed by atoms with Crippen molar-refractivity contribution >= 4 is 21.6 Å². The molecular formula is C14H28N2O3S2. The standard InChI is InChI=1S/C14H28N2O3S2/c1-11(2)12-8-14(10-15,4-6-19-12)16-5-7-20-9-13(16)21(3,17)18/h11-13H,4-10,15H2,1-3H3. The van der Waals surface area contributed by atoms with E-state index in [2.05, 4.69) is 18.7 Å². The number of nitrogens with two attached hydrogens (primary N) is 1. The summed E-state index contributed by atoms with van der Waals surface area (Å²) < 4.78 is 30.2. The second-order valence-electron chi connectivity index (χ2n) is 6.59. The molecule has 0 aromatic carbocycles. The summed E-state index contributed by atoms with van der Waals surface area (Å²) in [4.78, 5) is 2.18. The van der Waals surface area contributed by atoms with Crippen molar-refractivity contribution in [2.75, 3.05) is 37.5 Å². The molecule has 0 saturated carbocycles. The van der Waals surface area contributed by atoms with E-state index < -0.39 is 15.2 Å². The first-order valence-electron chi connectivity index (χ1n) is 7.65. The van der Waals surface area contributed by atoms with Crippen LogP contribution in [-0.4, -0.2) is 67.8 Å². The van der Waals surface area contributed by atoms with Gasteiger partial charge in [0.1, 0.15) is 5.37 Å². The van der Waals surface area contributed by atoms with Crippen LogP contribution in [0.5, 0.6) is 0 Å². The lowest BCUT2D eigenvalue weighted by Crippen LogP contribution is -2.65. The average Bonchev–Trinajstić information content (AvgIpc) is 2.46. The summed E-state index contributed by atoms with van der Waals surface area (Å²) in [6.07, 6.45) is 3.17. The summed E-state index contributed by atoms with van der Waals surface area (Å²) in [5, 5.41) is -0.411. The van der Waals surface area contributed by atoms with Crippen LogP contribution in [0, 0.1) is 5.92 Å². The quantitative estimate of drug-likeness (QED) is 0.824. The Labute approximate surface area is 132 Å². The summed E-state index contributed by atoms with van der Waals surface area (Å²) in [5.74, 6) is 2.04. The Morgan fingerprint density at radius 2 is 2.19 bits per heavy atom. The molecule has 5 nitrogen and oxygen atoms in total. The topological polar surface area (TPSA) is 72.6 Å². The van der Waals surface area contributed by atoms with E-state index in [-0.39, 0.29) is 11.6 Å². The molecule has 0 spiro atoms. The van der Waals surface area contributed by atoms with E-state index >= 15 is 0 Å². The molecule has 0 aromatic rings. The number of hydrogen-bond donors (Lipinski definition) is 1. The summed E-state index contributed by atoms with van der Waals surface area (Å²) in [5.41, 5.74) is 5.90. The monoisotopic (exact) mass is 336 g/mol. The van der Waals surface area contributed by atoms with Gasteiger partial charge in [-0.15, -0.1) is 0 Å². The van der Waals surface area contributed by atoms with E-state index in [1.807, 2.05) is 0 Å². The van der Waals surface area contributed by atoms with Crippen LogP contribution in [-0.2, 0) is 14.6 Å². The third-order valence-corrected chi connectivity index (χ3v) is 7.44. The first-order valence-corrected chi connectivity index (χ1v) is 10.8. The summed E-state index contributed by atoms with van der Waals surface area (Å²) >= 11 is 1.72. The van der Waals surface area contributed by atoms with Gasteiger partial charge >= 0.3 is 0 Å². The first-order chi connectivity index (χ1) is 9.80. The highest BCUT2D eigenvalue weighted by Crippen LogP contribution is 2.37. The van der Waals surface area contributed by atoms with Crippen molar-refractivity contribution in [1.82, 2.24) is 4.90 Å². The maximum Gasteiger partial charge on any atom is 0.164 e. The Kier molecular flexibility index (Phi) is 5.63. The maximum atomic E-state index is 12.2. The van der Waals surface area contributed by atoms with Gasteiger partial charge in [-0.2, -0.15) is 11.8 Å². The fraction of sp³-hybridized carbons (Fsp3) is 1.00. The molecule has 2 aliphatic heterocycles. The summed E-state index contributed by atoms with van der Waals surface area (Å²) in [7, 11) is -3.10. The number of hydrogen-bond acceptors (Lipinski definition) is 6. The van der Waals surface area contributed by atoms with E-state index in [9.17, 15) is 8.42 Å². The molecule has 2 heterocycles. The van der Waals surface area contributed by atoms with Crippen LogP contribution in [0.2, 0.25) is 0 Å². The van der Waals surface area contributed by atoms with Crippen molar-refractivity contribution in [1.29, 1.82) is 0 Å². The van der Waals surface area contributed by atoms with E-state index in [0.29, 0.717) is 24.8 Å². The zero-order valence-electron chi connectivity index (χ0n) is 13.2. The van der Waals surface area contributed by atoms with Gasteiger partial charge in [0.25, 0.3) is 0 Å². The lowest BCUT2D eigenvalue weighted by Gasteiger charge is -2.52. The molecule has 3 unspecified atom stereocenters. The van der Waals surface area contributed by atoms with Crippen LogP contribution in [0.15, 0.2) is 0 Å². The molecule has 0 radical (unpaired) electrons. The molecule has 0 amide bonds. The fourth-order valence-electron chi connectivity index (χ4n) is 3.41. The average molecular weight is 337 g/mol. The minimum atomic E-state index is -3.10. The van der Waals surface area contributed by atoms with Gasteiger partial charge in [0.15, 0.2) is 9.84 Å². The largest absolute Gasteiger partial charge is 0.378 e. The number of rotatable bonds is 4. The van der Waals surface area contributed by atoms with Gasteiger partial charge in [-0.05, 0) is 18.8 Å². The van der Waals surface area contributed by atoms with E-state index in [0.717, 1.165) is 25.1 Å². The van der Waals surface area contributed by atoms with Gasteiger partial charge in [0.2, 0.25) is 0 Å². The first kappa shape index (κ1) is 17.5. The second-order valence-corrected chi connectivity index (χ2v) is 9.94. The molecule has 124 valence electrons. The number of nitrogens with zero attached hydrogens (tertiary/aromatic N) is 1. The van der Waals surface area contributed by atoms with Gasteiger partial charge in [-0.3, -0.25) is 4.90 Å². The number of ether oxygens (including phenoxy) is 1. The molecular weight excluding hydrogens is 308 g/mol. The van der Waals surface area contributed by atoms with Gasteiger partial charge in [0, 0.05) is 43.0 Å². The molecule has 3 atom stereocenters. The lowest BCUT2D eigenvalue weighted by molar-refractivity contribution is -0.0888. The SMILES string of the molecule is CC(C)C1CC(CN)(N2CCSCC2S(C)(=O)=O)CCO1. The highest BCUT2D eigenvalue weighted by Gasteiger charge is 2.47. The van der Waals surface area contributed by atoms with E-state index in [1.165, 1.54) is 6.26 Å². The molecule has 2 N–H and O–H groups in total. The van der Waals surface area contributed by atoms with Crippen molar-refractivity contribution in [2.45, 2.75) is 43.7 Å². The molecule has 0 aliphatic carbocycles. The third-order valence-electron chi connectivity index (χ3n) is 4.79. The Morgan fingerprint density at radius 1 is 1.48 bits per heavy atom. The molecule has 0 bridgehead atoms. The zero-order chi connectivity index (χ0) is 15.7. The Bertz CT molecular complexity index is 455. The lowest BCUT2D eigenvalue weighted by atomic mass is 9.81. The van der Waals surface area contributed by atoms with Gasteiger partial charge in [-0.1, -0.05) is 13.8 Å². The Hall–Kier alpha value is 0.180. The fourth-order valence-corrected chi connectivity index (χ4v) is 6.35. The van der Waals surface area contributed by atoms with Crippen LogP contribution < -0.4 is 5.73 Å². The van der Waals surface area contributed by atoms with E-state index in [4.69, 9.17) is 10.5 Å². The van der Waals surface area contributed by atoms with Crippen molar-refractivity contribution in [3.05, 3.63) is 0 Å². The molecule has 0 aromatic heterocycles. The normalized spacial score (nSPS) is 36.0. The summed E-state index contributed by atoms with van der Waals surface area (Å²) in [6, 6.07) is 0. The summed E-state index contributed by atoms with van der Waals surface area (Å²) in [6.45, 7) is 6.26. The molecule has 2 fully saturated rings. The van der Waals surface area contributed by atoms with Crippen LogP contribution in [0.3, 0.4) is 0 Å². The van der Waals surface area contributed by atoms with Gasteiger partial charge < -0.3 is 10.5 Å². The van der Waals surface area contributed by atoms with Crippen LogP contribution >= 0.6 is 11.8 Å². The van der Waals surface area contributed by atoms with Crippen LogP contribution in [0.25, 0.3) is 0 Å². The molecule has 2 saturated heterocycles. The highest BCUT2D eigenvalue weighted by molar-refractivity contribution is 8.00. The minimum Gasteiger partial charge on any atom is -0.378 e. The number of thioether (sulfide) groups is 1. The second kappa shape index (κ2) is 6.74. The van der Waals surface area contributed by atoms with Crippen LogP contribution in [0.1, 0.15) is 26.7 Å². The van der Waals surface area contributed by atoms with Gasteiger partial charge in [-0.25, -0.2) is 8.42 Å². The van der Waals surface area contributed by atoms with Crippen molar-refractivity contribution in [3.8, 4) is 0 Å². The zero-order valence-corrected chi connectivity index (χ0v) is 14.9. The number of sulfone groups is 1. The minimum absolute atomic E-state index is 0.164. The predicted molar refractivity (Wildman–Crippen MR) is 88.3 cm³/mol. The van der Waals surface area contributed by atoms with Crippen molar-refractivity contribution in [3.63, 3.8) is 0 Å². The van der Waals surface area contributed by atoms with Gasteiger partial charge in [0.05, 0.1) is 6.10 Å². The van der Waals surface area contributed by atoms with Crippen molar-refractivity contribution in [2.24, 2.45) is 11.7 Å². The Morgan fingerprint density at radius 3 is 2.76 bits per heavy atom. The maximum absolute atomic E-state index is 12.2.